The fourth-order valence-corrected chi connectivity index (χ4v) is 5.40. The number of carbonyl (C=O) groups excluding carboxylic acids is 1. The summed E-state index contributed by atoms with van der Waals surface area (Å²) in [6, 6.07) is 7.41. The fraction of sp³-hybridized carbons (Fsp3) is 0.333. The van der Waals surface area contributed by atoms with E-state index in [1.165, 1.54) is 0 Å². The zero-order chi connectivity index (χ0) is 29.5. The molecule has 1 atom stereocenters. The topological polar surface area (TPSA) is 165 Å². The molecule has 12 heteroatoms. The van der Waals surface area contributed by atoms with Gasteiger partial charge in [-0.1, -0.05) is 5.16 Å². The van der Waals surface area contributed by atoms with Crippen LogP contribution in [0.1, 0.15) is 34.1 Å². The highest BCUT2D eigenvalue weighted by Crippen LogP contribution is 2.46. The maximum atomic E-state index is 13.0. The lowest BCUT2D eigenvalue weighted by atomic mass is 9.98. The molecule has 0 unspecified atom stereocenters. The van der Waals surface area contributed by atoms with Gasteiger partial charge in [0.1, 0.15) is 36.2 Å². The Morgan fingerprint density at radius 1 is 1.12 bits per heavy atom. The lowest BCUT2D eigenvalue weighted by Gasteiger charge is -2.23. The monoisotopic (exact) mass is 573 g/mol. The quantitative estimate of drug-likeness (QED) is 0.215. The second-order valence-electron chi connectivity index (χ2n) is 10.2. The molecule has 12 nitrogen and oxygen atoms in total. The number of aromatic amines is 1. The van der Waals surface area contributed by atoms with Crippen molar-refractivity contribution in [1.82, 2.24) is 25.4 Å². The third-order valence-electron chi connectivity index (χ3n) is 7.35. The van der Waals surface area contributed by atoms with Gasteiger partial charge in [0.15, 0.2) is 11.5 Å². The van der Waals surface area contributed by atoms with Gasteiger partial charge in [-0.2, -0.15) is 0 Å². The number of fused-ring (bicyclic) bond motifs is 4. The number of aryl methyl sites for hydroxylation is 3. The molecule has 5 aromatic rings. The van der Waals surface area contributed by atoms with Crippen LogP contribution in [0.25, 0.3) is 44.3 Å². The van der Waals surface area contributed by atoms with Gasteiger partial charge in [-0.05, 0) is 51.5 Å². The number of hydrogen-bond acceptors (Lipinski definition) is 10. The molecule has 1 amide bonds. The number of aliphatic hydroxyl groups excluding tert-OH is 2. The van der Waals surface area contributed by atoms with Crippen molar-refractivity contribution >= 4 is 27.8 Å². The van der Waals surface area contributed by atoms with Gasteiger partial charge in [0.05, 0.1) is 47.7 Å². The molecule has 0 radical (unpaired) electrons. The molecule has 6 rings (SSSR count). The maximum Gasteiger partial charge on any atom is 0.255 e. The normalized spacial score (nSPS) is 13.5. The third-order valence-corrected chi connectivity index (χ3v) is 7.35. The first-order chi connectivity index (χ1) is 20.3. The van der Waals surface area contributed by atoms with E-state index in [0.717, 1.165) is 33.1 Å². The second-order valence-corrected chi connectivity index (χ2v) is 10.2. The molecular formula is C30H31N5O7. The average Bonchev–Trinajstić information content (AvgIpc) is 3.52. The summed E-state index contributed by atoms with van der Waals surface area (Å²) in [7, 11) is 1.62. The van der Waals surface area contributed by atoms with Crippen LogP contribution in [0.4, 0.5) is 0 Å². The fourth-order valence-electron chi connectivity index (χ4n) is 5.40. The van der Waals surface area contributed by atoms with Crippen LogP contribution in [0, 0.1) is 20.8 Å². The van der Waals surface area contributed by atoms with Crippen molar-refractivity contribution < 1.29 is 33.7 Å². The van der Waals surface area contributed by atoms with E-state index in [4.69, 9.17) is 28.8 Å². The number of aliphatic hydroxyl groups is 2. The molecule has 1 aliphatic heterocycles. The molecule has 4 heterocycles. The minimum Gasteiger partial charge on any atom is -0.496 e. The Bertz CT molecular complexity index is 1810. The standard InChI is InChI=1S/C30H31N5O7/c1-14-24(15(2)42-35-14)21-11-22-20(12-23(21)39-4)25-26(32-16(3)33-29(25)34-22)18-5-6-19(28-27(18)40-9-10-41-28)30(38)31-8-7-17(37)13-36/h5-6,11-12,17,36-37H,7-10,13H2,1-4H3,(H,31,38)(H,32,33,34)/t17-/m0/s1. The zero-order valence-corrected chi connectivity index (χ0v) is 23.7. The summed E-state index contributed by atoms with van der Waals surface area (Å²) in [5, 5.41) is 27.1. The largest absolute Gasteiger partial charge is 0.496 e. The van der Waals surface area contributed by atoms with Crippen LogP contribution < -0.4 is 19.5 Å². The number of carbonyl (C=O) groups is 1. The molecule has 0 fully saturated rings. The number of hydrogen-bond donors (Lipinski definition) is 4. The summed E-state index contributed by atoms with van der Waals surface area (Å²) in [5.74, 6) is 2.25. The molecule has 0 saturated heterocycles. The van der Waals surface area contributed by atoms with Gasteiger partial charge < -0.3 is 39.2 Å². The predicted molar refractivity (Wildman–Crippen MR) is 154 cm³/mol. The van der Waals surface area contributed by atoms with Gasteiger partial charge in [0.25, 0.3) is 5.91 Å². The first kappa shape index (κ1) is 27.5. The third kappa shape index (κ3) is 4.68. The first-order valence-corrected chi connectivity index (χ1v) is 13.6. The molecule has 42 heavy (non-hydrogen) atoms. The second kappa shape index (κ2) is 11.0. The van der Waals surface area contributed by atoms with Gasteiger partial charge in [-0.15, -0.1) is 0 Å². The summed E-state index contributed by atoms with van der Waals surface area (Å²) in [4.78, 5) is 26.0. The lowest BCUT2D eigenvalue weighted by molar-refractivity contribution is 0.0830. The number of aromatic nitrogens is 4. The Morgan fingerprint density at radius 3 is 2.62 bits per heavy atom. The highest BCUT2D eigenvalue weighted by molar-refractivity contribution is 6.14. The van der Waals surface area contributed by atoms with Crippen molar-refractivity contribution in [2.45, 2.75) is 33.3 Å². The number of amides is 1. The minimum atomic E-state index is -0.903. The summed E-state index contributed by atoms with van der Waals surface area (Å²) < 4.78 is 23.3. The van der Waals surface area contributed by atoms with E-state index >= 15 is 0 Å². The number of benzene rings is 2. The van der Waals surface area contributed by atoms with E-state index < -0.39 is 6.10 Å². The summed E-state index contributed by atoms with van der Waals surface area (Å²) >= 11 is 0. The number of H-pyrrole nitrogens is 1. The van der Waals surface area contributed by atoms with Crippen LogP contribution in [0.2, 0.25) is 0 Å². The van der Waals surface area contributed by atoms with Gasteiger partial charge in [0, 0.05) is 28.6 Å². The number of nitrogens with zero attached hydrogens (tertiary/aromatic N) is 3. The number of nitrogens with one attached hydrogen (secondary N) is 2. The van der Waals surface area contributed by atoms with E-state index in [1.807, 2.05) is 32.9 Å². The van der Waals surface area contributed by atoms with Crippen molar-refractivity contribution in [3.8, 4) is 39.6 Å². The van der Waals surface area contributed by atoms with E-state index in [1.54, 1.807) is 19.2 Å². The van der Waals surface area contributed by atoms with Crippen LogP contribution in [0.15, 0.2) is 28.8 Å². The Balaban J connectivity index is 1.50. The Morgan fingerprint density at radius 2 is 1.90 bits per heavy atom. The van der Waals surface area contributed by atoms with Crippen LogP contribution in [-0.2, 0) is 0 Å². The van der Waals surface area contributed by atoms with E-state index in [9.17, 15) is 9.90 Å². The molecule has 0 spiro atoms. The molecule has 0 aliphatic carbocycles. The molecule has 3 aromatic heterocycles. The Hall–Kier alpha value is -4.68. The smallest absolute Gasteiger partial charge is 0.255 e. The maximum absolute atomic E-state index is 13.0. The summed E-state index contributed by atoms with van der Waals surface area (Å²) in [5.41, 5.74) is 5.52. The summed E-state index contributed by atoms with van der Waals surface area (Å²) in [6.45, 7) is 5.99. The van der Waals surface area contributed by atoms with Gasteiger partial charge >= 0.3 is 0 Å². The van der Waals surface area contributed by atoms with Gasteiger partial charge in [-0.3, -0.25) is 4.79 Å². The Kier molecular flexibility index (Phi) is 7.17. The van der Waals surface area contributed by atoms with E-state index in [0.29, 0.717) is 57.9 Å². The van der Waals surface area contributed by atoms with Crippen LogP contribution in [0.3, 0.4) is 0 Å². The predicted octanol–water partition coefficient (Wildman–Crippen LogP) is 3.61. The van der Waals surface area contributed by atoms with Crippen molar-refractivity contribution in [3.63, 3.8) is 0 Å². The molecule has 218 valence electrons. The molecule has 0 saturated carbocycles. The highest BCUT2D eigenvalue weighted by atomic mass is 16.6. The molecule has 4 N–H and O–H groups in total. The average molecular weight is 574 g/mol. The minimum absolute atomic E-state index is 0.191. The number of methoxy groups -OCH3 is 1. The number of rotatable bonds is 8. The van der Waals surface area contributed by atoms with Crippen LogP contribution in [0.5, 0.6) is 17.2 Å². The number of ether oxygens (including phenoxy) is 3. The SMILES string of the molecule is COc1cc2c(cc1-c1c(C)noc1C)[nH]c1nc(C)nc(-c3ccc(C(=O)NCC[C@H](O)CO)c4c3OCCO4)c12. The highest BCUT2D eigenvalue weighted by Gasteiger charge is 2.28. The van der Waals surface area contributed by atoms with Crippen molar-refractivity contribution in [1.29, 1.82) is 0 Å². The van der Waals surface area contributed by atoms with Crippen molar-refractivity contribution in [2.75, 3.05) is 33.5 Å². The first-order valence-electron chi connectivity index (χ1n) is 13.6. The van der Waals surface area contributed by atoms with E-state index in [2.05, 4.69) is 20.4 Å². The molecule has 1 aliphatic rings. The molecular weight excluding hydrogens is 542 g/mol. The summed E-state index contributed by atoms with van der Waals surface area (Å²) in [6.07, 6.45) is -0.681. The van der Waals surface area contributed by atoms with Gasteiger partial charge in [-0.25, -0.2) is 9.97 Å². The van der Waals surface area contributed by atoms with Gasteiger partial charge in [0.2, 0.25) is 0 Å². The zero-order valence-electron chi connectivity index (χ0n) is 23.7. The van der Waals surface area contributed by atoms with Crippen molar-refractivity contribution in [3.05, 3.63) is 47.1 Å². The Labute approximate surface area is 240 Å². The van der Waals surface area contributed by atoms with Crippen LogP contribution >= 0.6 is 0 Å². The lowest BCUT2D eigenvalue weighted by Crippen LogP contribution is -2.29. The molecule has 2 aromatic carbocycles. The van der Waals surface area contributed by atoms with E-state index in [-0.39, 0.29) is 32.1 Å². The molecule has 0 bridgehead atoms. The van der Waals surface area contributed by atoms with Crippen LogP contribution in [-0.4, -0.2) is 75.8 Å². The van der Waals surface area contributed by atoms with Crippen molar-refractivity contribution in [2.24, 2.45) is 0 Å².